The number of aryl methyl sites for hydroxylation is 1. The van der Waals surface area contributed by atoms with Crippen molar-refractivity contribution in [3.8, 4) is 29.1 Å². The summed E-state index contributed by atoms with van der Waals surface area (Å²) >= 11 is 0. The maximum absolute atomic E-state index is 15.3. The predicted molar refractivity (Wildman–Crippen MR) is 212 cm³/mol. The van der Waals surface area contributed by atoms with Crippen molar-refractivity contribution in [2.45, 2.75) is 120 Å². The van der Waals surface area contributed by atoms with Crippen LogP contribution in [0.3, 0.4) is 0 Å². The number of ether oxygens (including phenoxy) is 2. The highest BCUT2D eigenvalue weighted by Crippen LogP contribution is 2.55. The first-order chi connectivity index (χ1) is 27.9. The smallest absolute Gasteiger partial charge is 0.334 e. The van der Waals surface area contributed by atoms with Gasteiger partial charge in [-0.3, -0.25) is 9.59 Å². The van der Waals surface area contributed by atoms with E-state index in [-0.39, 0.29) is 84.6 Å². The molecule has 3 aromatic rings. The number of aliphatic hydroxyl groups is 3. The zero-order valence-corrected chi connectivity index (χ0v) is 32.7. The van der Waals surface area contributed by atoms with Crippen molar-refractivity contribution >= 4 is 17.7 Å². The molecule has 9 rings (SSSR count). The first-order valence-corrected chi connectivity index (χ1v) is 20.9. The second kappa shape index (κ2) is 15.0. The molecule has 10 heteroatoms. The molecule has 3 aromatic carbocycles. The summed E-state index contributed by atoms with van der Waals surface area (Å²) in [5, 5.41) is 58.2. The number of hydrogen-bond donors (Lipinski definition) is 5. The van der Waals surface area contributed by atoms with E-state index in [1.807, 2.05) is 6.92 Å². The summed E-state index contributed by atoms with van der Waals surface area (Å²) in [6.07, 6.45) is 1.95. The van der Waals surface area contributed by atoms with Crippen molar-refractivity contribution in [2.24, 2.45) is 23.7 Å². The van der Waals surface area contributed by atoms with Crippen LogP contribution in [0, 0.1) is 35.5 Å². The van der Waals surface area contributed by atoms with Gasteiger partial charge in [0.15, 0.2) is 0 Å². The molecule has 3 aliphatic carbocycles. The summed E-state index contributed by atoms with van der Waals surface area (Å²) in [7, 11) is 0. The van der Waals surface area contributed by atoms with Crippen LogP contribution in [0.25, 0.3) is 0 Å². The van der Waals surface area contributed by atoms with Gasteiger partial charge in [0.25, 0.3) is 0 Å². The minimum absolute atomic E-state index is 0.0357. The second-order valence-corrected chi connectivity index (χ2v) is 17.5. The van der Waals surface area contributed by atoms with Gasteiger partial charge in [-0.25, -0.2) is 4.79 Å². The van der Waals surface area contributed by atoms with Gasteiger partial charge in [-0.1, -0.05) is 49.5 Å². The number of rotatable bonds is 3. The van der Waals surface area contributed by atoms with Crippen LogP contribution in [0.1, 0.15) is 109 Å². The van der Waals surface area contributed by atoms with Crippen molar-refractivity contribution in [3.05, 3.63) is 98.6 Å². The molecule has 302 valence electrons. The van der Waals surface area contributed by atoms with Gasteiger partial charge >= 0.3 is 11.9 Å². The first-order valence-electron chi connectivity index (χ1n) is 20.9. The van der Waals surface area contributed by atoms with Crippen LogP contribution in [0.5, 0.6) is 17.2 Å². The Balaban J connectivity index is 1.30. The Morgan fingerprint density at radius 1 is 0.828 bits per heavy atom. The van der Waals surface area contributed by atoms with E-state index in [9.17, 15) is 35.1 Å². The van der Waals surface area contributed by atoms with Crippen molar-refractivity contribution in [3.63, 3.8) is 0 Å². The van der Waals surface area contributed by atoms with E-state index >= 15 is 4.79 Å². The molecule has 10 nitrogen and oxygen atoms in total. The van der Waals surface area contributed by atoms with Crippen LogP contribution in [0.2, 0.25) is 0 Å². The quantitative estimate of drug-likeness (QED) is 0.124. The molecule has 9 atom stereocenters. The summed E-state index contributed by atoms with van der Waals surface area (Å²) in [5.41, 5.74) is 4.10. The number of carbonyl (C=O) groups excluding carboxylic acids is 3. The monoisotopic (exact) mass is 786 g/mol. The lowest BCUT2D eigenvalue weighted by molar-refractivity contribution is -0.212. The fourth-order valence-corrected chi connectivity index (χ4v) is 11.5. The molecule has 0 aromatic heterocycles. The van der Waals surface area contributed by atoms with Crippen molar-refractivity contribution in [2.75, 3.05) is 0 Å². The minimum atomic E-state index is -1.59. The molecule has 2 fully saturated rings. The molecule has 2 saturated carbocycles. The normalized spacial score (nSPS) is 31.7. The van der Waals surface area contributed by atoms with Gasteiger partial charge in [0, 0.05) is 48.3 Å². The Morgan fingerprint density at radius 3 is 2.47 bits per heavy atom. The molecule has 0 radical (unpaired) electrons. The summed E-state index contributed by atoms with van der Waals surface area (Å²) in [6, 6.07) is 14.1. The van der Waals surface area contributed by atoms with Gasteiger partial charge in [0.05, 0.1) is 25.0 Å². The molecule has 0 unspecified atom stereocenters. The minimum Gasteiger partial charge on any atom is -0.508 e. The molecule has 58 heavy (non-hydrogen) atoms. The number of hydrogen-bond acceptors (Lipinski definition) is 10. The number of aliphatic hydroxyl groups excluding tert-OH is 2. The Hall–Kier alpha value is -4.95. The number of Topliss-reactive ketones (excluding diaryl/α,β-unsaturated/α-hetero) is 1. The number of phenolic OH excluding ortho intramolecular Hbond substituents is 2. The third-order valence-electron chi connectivity index (χ3n) is 14.4. The summed E-state index contributed by atoms with van der Waals surface area (Å²) in [5.74, 6) is 2.88. The van der Waals surface area contributed by atoms with Crippen LogP contribution in [-0.4, -0.2) is 61.1 Å². The molecular weight excluding hydrogens is 737 g/mol. The highest BCUT2D eigenvalue weighted by Gasteiger charge is 2.59. The molecule has 0 saturated heterocycles. The van der Waals surface area contributed by atoms with Gasteiger partial charge in [-0.15, -0.1) is 0 Å². The molecule has 11 bridgehead atoms. The average Bonchev–Trinajstić information content (AvgIpc) is 3.35. The molecule has 0 spiro atoms. The largest absolute Gasteiger partial charge is 0.508 e. The predicted octanol–water partition coefficient (Wildman–Crippen LogP) is 5.79. The number of ketones is 1. The Morgan fingerprint density at radius 2 is 1.66 bits per heavy atom. The summed E-state index contributed by atoms with van der Waals surface area (Å²) in [6.45, 7) is 1.67. The Kier molecular flexibility index (Phi) is 9.98. The van der Waals surface area contributed by atoms with Crippen molar-refractivity contribution in [1.29, 1.82) is 0 Å². The van der Waals surface area contributed by atoms with E-state index in [4.69, 9.17) is 9.47 Å². The van der Waals surface area contributed by atoms with E-state index in [1.165, 1.54) is 12.1 Å². The van der Waals surface area contributed by atoms with E-state index in [2.05, 4.69) is 30.0 Å². The van der Waals surface area contributed by atoms with Crippen LogP contribution < -0.4 is 4.74 Å². The number of carbonyl (C=O) groups is 3. The molecular formula is C48H50O10. The highest BCUT2D eigenvalue weighted by molar-refractivity contribution is 5.90. The molecule has 5 N–H and O–H groups in total. The zero-order chi connectivity index (χ0) is 40.5. The number of aromatic hydroxyl groups is 2. The number of esters is 2. The first kappa shape index (κ1) is 38.6. The molecule has 0 amide bonds. The fourth-order valence-electron chi connectivity index (χ4n) is 11.5. The molecule has 6 aliphatic rings. The van der Waals surface area contributed by atoms with Gasteiger partial charge in [0.1, 0.15) is 34.7 Å². The number of phenols is 2. The SMILES string of the molecule is CC[C@@H]1CC[C@@H]2[C@H]3CCC(=O)[C@@H]2Cc2ccc4c(c2)C[C@H](O)C(=C2C[C@@H](c5cc(O)cc(CO)c5)C#C[C@H]5CC(=O)Oc6cc(O)c(cc65)C[C@H](OC2=O)[C@]13O)CC4. The third kappa shape index (κ3) is 6.71. The highest BCUT2D eigenvalue weighted by atomic mass is 16.6. The maximum atomic E-state index is 15.3. The molecule has 3 heterocycles. The summed E-state index contributed by atoms with van der Waals surface area (Å²) < 4.78 is 12.4. The van der Waals surface area contributed by atoms with E-state index in [0.29, 0.717) is 72.8 Å². The second-order valence-electron chi connectivity index (χ2n) is 17.5. The standard InChI is InChI=1S/C48H50O10/c1-2-33-8-10-35-38-16-25-3-4-27-7-9-36(43(53)20-31(27)13-25)39-18-28(30-14-26(24-49)15-34(50)17-30)5-6-29-22-46(54)57-44-23-42(52)32(19-37(29)44)21-45(58-47(39)55)48(33,56)40(35)11-12-41(38)51/h3-4,13-15,17,19,23,28-29,33,35,38,40,43,45,49-50,52-53,56H,2,7-12,16,18,20-22,24H2,1H3/t28-,29-,33+,35-,38+,40+,43-,45-,48-/m0/s1. The van der Waals surface area contributed by atoms with E-state index in [1.54, 1.807) is 18.2 Å². The van der Waals surface area contributed by atoms with Gasteiger partial charge in [0.2, 0.25) is 0 Å². The van der Waals surface area contributed by atoms with Crippen LogP contribution in [0.15, 0.2) is 59.7 Å². The van der Waals surface area contributed by atoms with E-state index < -0.39 is 41.6 Å². The lowest BCUT2D eigenvalue weighted by atomic mass is 9.53. The Labute approximate surface area is 337 Å². The summed E-state index contributed by atoms with van der Waals surface area (Å²) in [4.78, 5) is 42.2. The van der Waals surface area contributed by atoms with Gasteiger partial charge in [-0.05, 0) is 120 Å². The fraction of sp³-hybridized carbons (Fsp3) is 0.479. The number of fused-ring (bicyclic) bond motifs is 8. The van der Waals surface area contributed by atoms with Gasteiger partial charge < -0.3 is 35.0 Å². The van der Waals surface area contributed by atoms with Crippen molar-refractivity contribution in [1.82, 2.24) is 0 Å². The Bertz CT molecular complexity index is 2300. The lowest BCUT2D eigenvalue weighted by Crippen LogP contribution is -2.63. The maximum Gasteiger partial charge on any atom is 0.334 e. The van der Waals surface area contributed by atoms with Gasteiger partial charge in [-0.2, -0.15) is 0 Å². The van der Waals surface area contributed by atoms with Crippen molar-refractivity contribution < 1.29 is 49.4 Å². The molecule has 3 aliphatic heterocycles. The van der Waals surface area contributed by atoms with Crippen LogP contribution in [0.4, 0.5) is 0 Å². The topological polar surface area (TPSA) is 171 Å². The number of benzene rings is 3. The van der Waals surface area contributed by atoms with E-state index in [0.717, 1.165) is 23.1 Å². The average molecular weight is 787 g/mol. The van der Waals surface area contributed by atoms with Crippen LogP contribution >= 0.6 is 0 Å². The lowest BCUT2D eigenvalue weighted by Gasteiger charge is -2.56. The third-order valence-corrected chi connectivity index (χ3v) is 14.4. The zero-order valence-electron chi connectivity index (χ0n) is 32.7. The van der Waals surface area contributed by atoms with Crippen LogP contribution in [-0.2, 0) is 51.4 Å².